The van der Waals surface area contributed by atoms with E-state index in [0.29, 0.717) is 21.6 Å². The highest BCUT2D eigenvalue weighted by Crippen LogP contribution is 2.34. The average Bonchev–Trinajstić information content (AvgIpc) is 3.30. The van der Waals surface area contributed by atoms with Crippen LogP contribution in [0.4, 0.5) is 0 Å². The molecule has 0 amide bonds. The van der Waals surface area contributed by atoms with Crippen molar-refractivity contribution in [1.29, 1.82) is 0 Å². The second kappa shape index (κ2) is 6.50. The summed E-state index contributed by atoms with van der Waals surface area (Å²) >= 11 is 3.12. The van der Waals surface area contributed by atoms with E-state index in [1.54, 1.807) is 29.7 Å². The van der Waals surface area contributed by atoms with Crippen LogP contribution in [0.5, 0.6) is 0 Å². The fourth-order valence-electron chi connectivity index (χ4n) is 3.20. The Labute approximate surface area is 167 Å². The van der Waals surface area contributed by atoms with Crippen molar-refractivity contribution in [3.05, 3.63) is 85.6 Å². The molecular weight excluding hydrogens is 392 g/mol. The molecular formula is C20H14N4O2S2. The van der Waals surface area contributed by atoms with Gasteiger partial charge < -0.3 is 0 Å². The van der Waals surface area contributed by atoms with Crippen LogP contribution in [-0.4, -0.2) is 18.9 Å². The summed E-state index contributed by atoms with van der Waals surface area (Å²) in [6.45, 7) is 2.24. The van der Waals surface area contributed by atoms with Crippen LogP contribution in [0, 0.1) is 6.92 Å². The number of hydrogen-bond acceptors (Lipinski definition) is 6. The van der Waals surface area contributed by atoms with E-state index in [1.807, 2.05) is 30.5 Å². The highest BCUT2D eigenvalue weighted by atomic mass is 32.1. The summed E-state index contributed by atoms with van der Waals surface area (Å²) in [5, 5.41) is 2.60. The van der Waals surface area contributed by atoms with E-state index in [2.05, 4.69) is 9.97 Å². The Morgan fingerprint density at radius 3 is 2.86 bits per heavy atom. The largest absolute Gasteiger partial charge is 0.293 e. The average molecular weight is 406 g/mol. The zero-order chi connectivity index (χ0) is 19.3. The molecule has 6 nitrogen and oxygen atoms in total. The number of rotatable bonds is 3. The maximum atomic E-state index is 13.2. The van der Waals surface area contributed by atoms with Gasteiger partial charge in [0.2, 0.25) is 0 Å². The molecule has 0 fully saturated rings. The molecule has 0 bridgehead atoms. The number of pyridine rings is 1. The molecule has 0 saturated carbocycles. The molecule has 5 rings (SSSR count). The summed E-state index contributed by atoms with van der Waals surface area (Å²) in [6.07, 6.45) is 3.20. The lowest BCUT2D eigenvalue weighted by Gasteiger charge is -2.07. The molecule has 138 valence electrons. The van der Waals surface area contributed by atoms with Gasteiger partial charge in [0.1, 0.15) is 10.5 Å². The first-order valence-electron chi connectivity index (χ1n) is 8.61. The van der Waals surface area contributed by atoms with E-state index in [-0.39, 0.29) is 17.7 Å². The smallest absolute Gasteiger partial charge is 0.263 e. The predicted molar refractivity (Wildman–Crippen MR) is 112 cm³/mol. The SMILES string of the molecule is Cc1ccc(-c2csc3ncn(Cc4cc(=O)n5ccccc5n4)c(=O)c23)s1. The number of thiophene rings is 2. The van der Waals surface area contributed by atoms with Gasteiger partial charge in [-0.2, -0.15) is 0 Å². The Hall–Kier alpha value is -3.10. The van der Waals surface area contributed by atoms with Gasteiger partial charge in [-0.3, -0.25) is 18.6 Å². The zero-order valence-electron chi connectivity index (χ0n) is 14.8. The summed E-state index contributed by atoms with van der Waals surface area (Å²) in [5.41, 5.74) is 1.70. The van der Waals surface area contributed by atoms with Crippen LogP contribution in [-0.2, 0) is 6.54 Å². The molecule has 5 aromatic heterocycles. The molecule has 0 aliphatic rings. The predicted octanol–water partition coefficient (Wildman–Crippen LogP) is 3.55. The van der Waals surface area contributed by atoms with Gasteiger partial charge in [0.25, 0.3) is 11.1 Å². The van der Waals surface area contributed by atoms with Gasteiger partial charge in [0.15, 0.2) is 0 Å². The molecule has 0 aromatic carbocycles. The maximum Gasteiger partial charge on any atom is 0.263 e. The molecule has 28 heavy (non-hydrogen) atoms. The Morgan fingerprint density at radius 1 is 1.14 bits per heavy atom. The number of nitrogens with zero attached hydrogens (tertiary/aromatic N) is 4. The monoisotopic (exact) mass is 406 g/mol. The van der Waals surface area contributed by atoms with Crippen molar-refractivity contribution in [2.75, 3.05) is 0 Å². The number of hydrogen-bond donors (Lipinski definition) is 0. The molecule has 0 unspecified atom stereocenters. The second-order valence-electron chi connectivity index (χ2n) is 6.43. The normalized spacial score (nSPS) is 11.5. The van der Waals surface area contributed by atoms with Crippen molar-refractivity contribution in [1.82, 2.24) is 18.9 Å². The third-order valence-electron chi connectivity index (χ3n) is 4.52. The second-order valence-corrected chi connectivity index (χ2v) is 8.58. The Morgan fingerprint density at radius 2 is 2.04 bits per heavy atom. The van der Waals surface area contributed by atoms with Crippen LogP contribution >= 0.6 is 22.7 Å². The van der Waals surface area contributed by atoms with Gasteiger partial charge in [-0.1, -0.05) is 6.07 Å². The zero-order valence-corrected chi connectivity index (χ0v) is 16.5. The quantitative estimate of drug-likeness (QED) is 0.459. The summed E-state index contributed by atoms with van der Waals surface area (Å²) in [5.74, 6) is 0. The fraction of sp³-hybridized carbons (Fsp3) is 0.100. The van der Waals surface area contributed by atoms with Gasteiger partial charge in [-0.05, 0) is 31.2 Å². The van der Waals surface area contributed by atoms with E-state index in [9.17, 15) is 9.59 Å². The molecule has 8 heteroatoms. The van der Waals surface area contributed by atoms with Crippen molar-refractivity contribution in [3.8, 4) is 10.4 Å². The lowest BCUT2D eigenvalue weighted by molar-refractivity contribution is 0.728. The maximum absolute atomic E-state index is 13.2. The summed E-state index contributed by atoms with van der Waals surface area (Å²) in [7, 11) is 0. The molecule has 0 N–H and O–H groups in total. The molecule has 0 saturated heterocycles. The van der Waals surface area contributed by atoms with Crippen molar-refractivity contribution in [3.63, 3.8) is 0 Å². The van der Waals surface area contributed by atoms with Gasteiger partial charge >= 0.3 is 0 Å². The molecule has 0 atom stereocenters. The first kappa shape index (κ1) is 17.0. The van der Waals surface area contributed by atoms with Crippen LogP contribution in [0.25, 0.3) is 26.3 Å². The Balaban J connectivity index is 1.63. The lowest BCUT2D eigenvalue weighted by Crippen LogP contribution is -2.23. The minimum atomic E-state index is -0.173. The molecule has 0 spiro atoms. The van der Waals surface area contributed by atoms with Gasteiger partial charge in [-0.25, -0.2) is 9.97 Å². The highest BCUT2D eigenvalue weighted by molar-refractivity contribution is 7.19. The molecule has 0 aliphatic heterocycles. The summed E-state index contributed by atoms with van der Waals surface area (Å²) < 4.78 is 2.99. The standard InChI is InChI=1S/C20H14N4O2S2/c1-12-5-6-15(28-12)14-10-27-19-18(14)20(26)23(11-21-19)9-13-8-17(25)24-7-3-2-4-16(24)22-13/h2-8,10-11H,9H2,1H3. The topological polar surface area (TPSA) is 69.3 Å². The van der Waals surface area contributed by atoms with Crippen LogP contribution in [0.2, 0.25) is 0 Å². The molecule has 5 heterocycles. The first-order valence-corrected chi connectivity index (χ1v) is 10.3. The van der Waals surface area contributed by atoms with E-state index >= 15 is 0 Å². The van der Waals surface area contributed by atoms with Crippen LogP contribution in [0.1, 0.15) is 10.6 Å². The van der Waals surface area contributed by atoms with Crippen molar-refractivity contribution in [2.24, 2.45) is 0 Å². The summed E-state index contributed by atoms with van der Waals surface area (Å²) in [4.78, 5) is 37.4. The minimum absolute atomic E-state index is 0.123. The Kier molecular flexibility index (Phi) is 3.96. The number of fused-ring (bicyclic) bond motifs is 2. The number of aryl methyl sites for hydroxylation is 1. The highest BCUT2D eigenvalue weighted by Gasteiger charge is 2.15. The molecule has 0 radical (unpaired) electrons. The fourth-order valence-corrected chi connectivity index (χ4v) is 5.06. The van der Waals surface area contributed by atoms with E-state index < -0.39 is 0 Å². The Bertz CT molecular complexity index is 1460. The van der Waals surface area contributed by atoms with E-state index in [4.69, 9.17) is 0 Å². The van der Waals surface area contributed by atoms with E-state index in [1.165, 1.54) is 37.6 Å². The third kappa shape index (κ3) is 2.78. The van der Waals surface area contributed by atoms with Crippen LogP contribution in [0.15, 0.2) is 63.9 Å². The minimum Gasteiger partial charge on any atom is -0.293 e. The third-order valence-corrected chi connectivity index (χ3v) is 6.44. The van der Waals surface area contributed by atoms with Crippen molar-refractivity contribution in [2.45, 2.75) is 13.5 Å². The van der Waals surface area contributed by atoms with Gasteiger partial charge in [0, 0.05) is 33.0 Å². The number of aromatic nitrogens is 4. The van der Waals surface area contributed by atoms with E-state index in [0.717, 1.165) is 10.4 Å². The summed E-state index contributed by atoms with van der Waals surface area (Å²) in [6, 6.07) is 10.9. The van der Waals surface area contributed by atoms with Crippen LogP contribution in [0.3, 0.4) is 0 Å². The lowest BCUT2D eigenvalue weighted by atomic mass is 10.2. The molecule has 5 aromatic rings. The van der Waals surface area contributed by atoms with Gasteiger partial charge in [0.05, 0.1) is 24.0 Å². The molecule has 0 aliphatic carbocycles. The van der Waals surface area contributed by atoms with Crippen LogP contribution < -0.4 is 11.1 Å². The van der Waals surface area contributed by atoms with Crippen molar-refractivity contribution < 1.29 is 0 Å². The first-order chi connectivity index (χ1) is 13.6. The van der Waals surface area contributed by atoms with Gasteiger partial charge in [-0.15, -0.1) is 22.7 Å². The van der Waals surface area contributed by atoms with Crippen molar-refractivity contribution >= 4 is 38.5 Å².